The third-order valence-corrected chi connectivity index (χ3v) is 16.3. The predicted octanol–water partition coefficient (Wildman–Crippen LogP) is 6.72. The molecular weight excluding hydrogens is 1140 g/mol. The Balaban J connectivity index is 1.15. The lowest BCUT2D eigenvalue weighted by Gasteiger charge is -2.41. The minimum Gasteiger partial charge on any atom is -0.495 e. The van der Waals surface area contributed by atoms with Crippen LogP contribution >= 0.6 is 23.2 Å². The lowest BCUT2D eigenvalue weighted by molar-refractivity contribution is -0.197. The molecular formula is C59H76Cl2N6O17. The quantitative estimate of drug-likeness (QED) is 0.0353. The fraction of sp³-hybridized carbons (Fsp3) is 0.559. The van der Waals surface area contributed by atoms with Crippen molar-refractivity contribution in [3.63, 3.8) is 0 Å². The number of fused-ring (bicyclic) bond motifs is 5. The predicted molar refractivity (Wildman–Crippen MR) is 306 cm³/mol. The van der Waals surface area contributed by atoms with Crippen LogP contribution in [0, 0.1) is 17.8 Å². The van der Waals surface area contributed by atoms with E-state index in [0.29, 0.717) is 28.5 Å². The molecule has 6 N–H and O–H groups in total. The maximum atomic E-state index is 14.4. The third kappa shape index (κ3) is 17.4. The number of hydrogen-bond donors (Lipinski definition) is 5. The molecule has 0 radical (unpaired) electrons. The summed E-state index contributed by atoms with van der Waals surface area (Å²) in [5.41, 5.74) is 4.68. The van der Waals surface area contributed by atoms with Crippen LogP contribution in [0.2, 0.25) is 10.0 Å². The summed E-state index contributed by atoms with van der Waals surface area (Å²) >= 11 is 13.6. The SMILES string of the molecule is COc1cc2cc(c1Cl)N(C)C(=O)C[C@H](OC(=O)Nc1ccc(CC(=O)[C@H](CCCNC(N)=O)NC(=O)[C@@H](CC(=O)CCCCC(=O)ON3C(=O)CCC3=O)C(C)C)cc1Cl)[C@]1(C)O[C@H]1[C@H](C)[C@@H]1C[C@@](O)(CC(=O)O1)[C@H](OC)/C=C/C=C(\C)C2. The maximum Gasteiger partial charge on any atom is 0.412 e. The van der Waals surface area contributed by atoms with Gasteiger partial charge in [0.2, 0.25) is 11.8 Å². The monoisotopic (exact) mass is 1210 g/mol. The van der Waals surface area contributed by atoms with E-state index in [2.05, 4.69) is 16.0 Å². The zero-order chi connectivity index (χ0) is 61.8. The Bertz CT molecular complexity index is 2900. The van der Waals surface area contributed by atoms with Gasteiger partial charge in [-0.05, 0) is 87.3 Å². The number of unbranched alkanes of at least 4 members (excludes halogenated alkanes) is 1. The molecule has 0 aromatic heterocycles. The molecule has 3 fully saturated rings. The molecule has 0 spiro atoms. The average Bonchev–Trinajstić information content (AvgIpc) is 1.70. The molecule has 84 heavy (non-hydrogen) atoms. The lowest BCUT2D eigenvalue weighted by atomic mass is 9.78. The Morgan fingerprint density at radius 2 is 1.67 bits per heavy atom. The minimum absolute atomic E-state index is 0.00312. The number of methoxy groups -OCH3 is 2. The molecule has 2 aromatic rings. The van der Waals surface area contributed by atoms with Crippen molar-refractivity contribution in [2.45, 2.75) is 166 Å². The van der Waals surface area contributed by atoms with Crippen LogP contribution in [0.4, 0.5) is 21.0 Å². The zero-order valence-corrected chi connectivity index (χ0v) is 50.1. The highest BCUT2D eigenvalue weighted by atomic mass is 35.5. The molecule has 4 bridgehead atoms. The molecule has 25 heteroatoms. The Morgan fingerprint density at radius 1 is 0.964 bits per heavy atom. The summed E-state index contributed by atoms with van der Waals surface area (Å²) in [5.74, 6) is -5.86. The highest BCUT2D eigenvalue weighted by Gasteiger charge is 2.64. The Morgan fingerprint density at radius 3 is 2.32 bits per heavy atom. The number of hydrogen-bond acceptors (Lipinski definition) is 17. The molecule has 4 aliphatic rings. The number of rotatable bonds is 22. The number of carbonyl (C=O) groups is 10. The van der Waals surface area contributed by atoms with E-state index in [1.807, 2.05) is 13.0 Å². The number of carbonyl (C=O) groups excluding carboxylic acids is 10. The number of benzene rings is 2. The summed E-state index contributed by atoms with van der Waals surface area (Å²) in [6, 6.07) is 6.08. The molecule has 7 amide bonds. The van der Waals surface area contributed by atoms with Crippen LogP contribution in [0.1, 0.15) is 123 Å². The number of ether oxygens (including phenoxy) is 5. The molecule has 2 aromatic carbocycles. The van der Waals surface area contributed by atoms with Crippen LogP contribution < -0.4 is 31.3 Å². The summed E-state index contributed by atoms with van der Waals surface area (Å²) in [5, 5.41) is 20.5. The van der Waals surface area contributed by atoms with Crippen molar-refractivity contribution in [3.05, 3.63) is 75.3 Å². The smallest absolute Gasteiger partial charge is 0.412 e. The number of nitrogens with one attached hydrogen (secondary N) is 3. The molecule has 0 saturated carbocycles. The number of ketones is 2. The van der Waals surface area contributed by atoms with Crippen molar-refractivity contribution < 1.29 is 81.6 Å². The van der Waals surface area contributed by atoms with Crippen molar-refractivity contribution in [3.8, 4) is 5.75 Å². The summed E-state index contributed by atoms with van der Waals surface area (Å²) in [4.78, 5) is 136. The fourth-order valence-electron chi connectivity index (χ4n) is 10.7. The molecule has 4 heterocycles. The number of amides is 7. The second-order valence-electron chi connectivity index (χ2n) is 22.4. The number of esters is 1. The normalized spacial score (nSPS) is 25.3. The molecule has 3 saturated heterocycles. The van der Waals surface area contributed by atoms with Gasteiger partial charge in [-0.1, -0.05) is 73.8 Å². The topological polar surface area (TPSA) is 318 Å². The fourth-order valence-corrected chi connectivity index (χ4v) is 11.3. The van der Waals surface area contributed by atoms with Crippen molar-refractivity contribution in [1.82, 2.24) is 15.7 Å². The largest absolute Gasteiger partial charge is 0.495 e. The van der Waals surface area contributed by atoms with E-state index in [1.165, 1.54) is 44.4 Å². The minimum atomic E-state index is -1.66. The first kappa shape index (κ1) is 66.2. The maximum absolute atomic E-state index is 14.4. The van der Waals surface area contributed by atoms with Gasteiger partial charge >= 0.3 is 24.1 Å². The Labute approximate surface area is 497 Å². The number of epoxide rings is 1. The van der Waals surface area contributed by atoms with Crippen molar-refractivity contribution >= 4 is 93.8 Å². The van der Waals surface area contributed by atoms with E-state index in [-0.39, 0.29) is 111 Å². The second kappa shape index (κ2) is 29.3. The molecule has 23 nitrogen and oxygen atoms in total. The van der Waals surface area contributed by atoms with Gasteiger partial charge in [-0.3, -0.25) is 38.9 Å². The number of hydroxylamine groups is 2. The second-order valence-corrected chi connectivity index (χ2v) is 23.2. The molecule has 4 aliphatic heterocycles. The van der Waals surface area contributed by atoms with Crippen LogP contribution in [0.25, 0.3) is 0 Å². The van der Waals surface area contributed by atoms with E-state index < -0.39 is 113 Å². The van der Waals surface area contributed by atoms with E-state index in [4.69, 9.17) is 57.5 Å². The summed E-state index contributed by atoms with van der Waals surface area (Å²) in [7, 11) is 4.42. The van der Waals surface area contributed by atoms with Gasteiger partial charge < -0.3 is 54.9 Å². The first-order valence-electron chi connectivity index (χ1n) is 28.0. The average molecular weight is 1210 g/mol. The van der Waals surface area contributed by atoms with Gasteiger partial charge in [0.15, 0.2) is 5.78 Å². The number of aliphatic hydroxyl groups is 1. The van der Waals surface area contributed by atoms with Gasteiger partial charge in [-0.2, -0.15) is 0 Å². The standard InChI is InChI=1S/C59H76Cl2N6O17/c1-32(2)38(28-37(68)14-9-10-17-51(73)84-67-48(70)20-21-49(67)71)55(75)64-41(15-12-22-63-56(62)76)43(69)26-35-18-19-40(39(60)24-35)65-57(77)82-47-29-50(72)66(6)42-25-36(27-44(79-7)53(42)61)23-33(3)13-11-16-46(80-8)59(78)30-45(81-52(74)31-59)34(4)54-58(47,5)83-54/h11,13,16,18-19,24-25,27,32,34,38,41,45-47,54,78H,9-10,12,14-15,17,20-23,26,28-31H2,1-8H3,(H,64,75)(H,65,77)(H3,62,63,76)/b16-11+,33-13+/t34-,38+,41+,45+,46-,47+,54+,58+,59-/m1/s1. The van der Waals surface area contributed by atoms with Crippen LogP contribution in [0.3, 0.4) is 0 Å². The molecule has 6 rings (SSSR count). The summed E-state index contributed by atoms with van der Waals surface area (Å²) < 4.78 is 29.6. The number of nitrogens with two attached hydrogens (primary N) is 1. The summed E-state index contributed by atoms with van der Waals surface area (Å²) in [6.45, 7) is 8.96. The number of urea groups is 1. The van der Waals surface area contributed by atoms with Crippen LogP contribution in [-0.4, -0.2) is 139 Å². The lowest BCUT2D eigenvalue weighted by Crippen LogP contribution is -2.53. The number of primary amides is 1. The van der Waals surface area contributed by atoms with Crippen LogP contribution in [-0.2, 0) is 75.0 Å². The van der Waals surface area contributed by atoms with Gasteiger partial charge in [0.25, 0.3) is 11.8 Å². The van der Waals surface area contributed by atoms with E-state index in [9.17, 15) is 53.1 Å². The molecule has 458 valence electrons. The van der Waals surface area contributed by atoms with Crippen LogP contribution in [0.15, 0.2) is 54.1 Å². The Kier molecular flexibility index (Phi) is 23.1. The number of allylic oxidation sites excluding steroid dienone is 3. The zero-order valence-electron chi connectivity index (χ0n) is 48.6. The molecule has 9 atom stereocenters. The number of anilines is 2. The van der Waals surface area contributed by atoms with Crippen molar-refractivity contribution in [2.75, 3.05) is 38.0 Å². The van der Waals surface area contributed by atoms with Crippen molar-refractivity contribution in [1.29, 1.82) is 0 Å². The number of nitrogens with zero attached hydrogens (tertiary/aromatic N) is 2. The summed E-state index contributed by atoms with van der Waals surface area (Å²) in [6.07, 6.45) is 0.266. The van der Waals surface area contributed by atoms with Gasteiger partial charge in [-0.15, -0.1) is 5.06 Å². The van der Waals surface area contributed by atoms with Crippen LogP contribution in [0.5, 0.6) is 5.75 Å². The van der Waals surface area contributed by atoms with E-state index in [0.717, 1.165) is 11.1 Å². The highest BCUT2D eigenvalue weighted by Crippen LogP contribution is 2.50. The van der Waals surface area contributed by atoms with E-state index in [1.54, 1.807) is 52.0 Å². The van der Waals surface area contributed by atoms with Gasteiger partial charge in [0.05, 0.1) is 48.5 Å². The first-order valence-corrected chi connectivity index (χ1v) is 28.7. The highest BCUT2D eigenvalue weighted by molar-refractivity contribution is 6.35. The van der Waals surface area contributed by atoms with Crippen molar-refractivity contribution in [2.24, 2.45) is 23.5 Å². The number of imide groups is 1. The van der Waals surface area contributed by atoms with Gasteiger partial charge in [0, 0.05) is 77.5 Å². The van der Waals surface area contributed by atoms with Gasteiger partial charge in [0.1, 0.15) is 46.1 Å². The van der Waals surface area contributed by atoms with E-state index >= 15 is 0 Å². The third-order valence-electron chi connectivity index (χ3n) is 15.7. The Hall–Kier alpha value is -6.92. The first-order chi connectivity index (χ1) is 39.7. The number of halogens is 2. The number of Topliss-reactive ketones (excluding diaryl/α,β-unsaturated/α-hetero) is 2. The van der Waals surface area contributed by atoms with Gasteiger partial charge in [-0.25, -0.2) is 14.4 Å². The molecule has 0 unspecified atom stereocenters. The molecule has 0 aliphatic carbocycles.